The molecular weight excluding hydrogens is 366 g/mol. The molecule has 2 heterocycles. The zero-order chi connectivity index (χ0) is 20.9. The fraction of sp³-hybridized carbons (Fsp3) is 0.261. The topological polar surface area (TPSA) is 66.1 Å². The minimum atomic E-state index is -0.533. The molecule has 1 atom stereocenters. The molecule has 3 aromatic rings. The van der Waals surface area contributed by atoms with E-state index in [9.17, 15) is 9.59 Å². The molecule has 1 unspecified atom stereocenters. The zero-order valence-corrected chi connectivity index (χ0v) is 17.2. The Bertz CT molecular complexity index is 1160. The predicted molar refractivity (Wildman–Crippen MR) is 113 cm³/mol. The number of anilines is 1. The van der Waals surface area contributed by atoms with Gasteiger partial charge in [0.05, 0.1) is 11.7 Å². The number of fused-ring (bicyclic) bond motifs is 1. The fourth-order valence-electron chi connectivity index (χ4n) is 3.67. The second-order valence-electron chi connectivity index (χ2n) is 7.44. The Kier molecular flexibility index (Phi) is 4.59. The number of carbonyl (C=O) groups excluding carboxylic acids is 2. The van der Waals surface area contributed by atoms with E-state index in [0.717, 1.165) is 27.8 Å². The molecular formula is C23H23N3O3. The van der Waals surface area contributed by atoms with Gasteiger partial charge in [0.15, 0.2) is 5.76 Å². The Morgan fingerprint density at radius 1 is 1.03 bits per heavy atom. The summed E-state index contributed by atoms with van der Waals surface area (Å²) in [5.74, 6) is -0.656. The fourth-order valence-corrected chi connectivity index (χ4v) is 3.67. The van der Waals surface area contributed by atoms with Gasteiger partial charge in [-0.2, -0.15) is 0 Å². The van der Waals surface area contributed by atoms with Crippen molar-refractivity contribution < 1.29 is 14.0 Å². The standard InChI is InChI=1S/C23H23N3O3/c1-13-11-12-18-15(3)21(29-20(18)14(13)2)22(27)24-19-16(4)25(5)26(23(19)28)17-9-7-6-8-10-17/h6-12,16H,1-5H3. The number of benzene rings is 2. The van der Waals surface area contributed by atoms with Crippen molar-refractivity contribution in [2.24, 2.45) is 4.99 Å². The number of furan rings is 1. The van der Waals surface area contributed by atoms with E-state index >= 15 is 0 Å². The molecule has 0 radical (unpaired) electrons. The smallest absolute Gasteiger partial charge is 0.313 e. The Morgan fingerprint density at radius 2 is 1.72 bits per heavy atom. The van der Waals surface area contributed by atoms with E-state index in [1.54, 1.807) is 12.1 Å². The van der Waals surface area contributed by atoms with Gasteiger partial charge in [-0.1, -0.05) is 30.3 Å². The predicted octanol–water partition coefficient (Wildman–Crippen LogP) is 4.22. The van der Waals surface area contributed by atoms with Crippen molar-refractivity contribution in [3.05, 3.63) is 64.9 Å². The van der Waals surface area contributed by atoms with Gasteiger partial charge in [0.2, 0.25) is 0 Å². The van der Waals surface area contributed by atoms with Crippen LogP contribution in [0.5, 0.6) is 0 Å². The zero-order valence-electron chi connectivity index (χ0n) is 17.2. The van der Waals surface area contributed by atoms with Gasteiger partial charge in [-0.25, -0.2) is 15.0 Å². The molecule has 2 amide bonds. The maximum absolute atomic E-state index is 13.0. The lowest BCUT2D eigenvalue weighted by atomic mass is 10.0. The number of para-hydroxylation sites is 1. The van der Waals surface area contributed by atoms with Crippen LogP contribution in [0.2, 0.25) is 0 Å². The van der Waals surface area contributed by atoms with Crippen molar-refractivity contribution in [3.8, 4) is 0 Å². The first kappa shape index (κ1) is 19.1. The van der Waals surface area contributed by atoms with Crippen LogP contribution in [0.4, 0.5) is 5.69 Å². The van der Waals surface area contributed by atoms with Crippen molar-refractivity contribution in [2.75, 3.05) is 12.1 Å². The number of carbonyl (C=O) groups is 2. The lowest BCUT2D eigenvalue weighted by Gasteiger charge is -2.25. The van der Waals surface area contributed by atoms with Crippen LogP contribution in [0, 0.1) is 20.8 Å². The quantitative estimate of drug-likeness (QED) is 0.658. The molecule has 0 saturated carbocycles. The molecule has 1 saturated heterocycles. The van der Waals surface area contributed by atoms with Gasteiger partial charge in [-0.3, -0.25) is 9.59 Å². The lowest BCUT2D eigenvalue weighted by molar-refractivity contribution is -0.113. The SMILES string of the molecule is Cc1ccc2c(C)c(C(=O)N=C3C(=O)N(c4ccccc4)N(C)C3C)oc2c1C. The summed E-state index contributed by atoms with van der Waals surface area (Å²) in [6, 6.07) is 12.9. The summed E-state index contributed by atoms with van der Waals surface area (Å²) < 4.78 is 5.90. The molecule has 1 aromatic heterocycles. The Hall–Kier alpha value is -3.25. The number of rotatable bonds is 2. The number of hydrazine groups is 1. The molecule has 0 aliphatic carbocycles. The molecule has 148 valence electrons. The molecule has 1 aliphatic rings. The van der Waals surface area contributed by atoms with Gasteiger partial charge in [0.1, 0.15) is 11.3 Å². The van der Waals surface area contributed by atoms with Gasteiger partial charge in [-0.05, 0) is 51.0 Å². The summed E-state index contributed by atoms with van der Waals surface area (Å²) in [6.45, 7) is 7.67. The van der Waals surface area contributed by atoms with Crippen molar-refractivity contribution in [3.63, 3.8) is 0 Å². The first-order chi connectivity index (χ1) is 13.8. The maximum Gasteiger partial charge on any atom is 0.313 e. The van der Waals surface area contributed by atoms with Crippen LogP contribution in [-0.4, -0.2) is 35.6 Å². The lowest BCUT2D eigenvalue weighted by Crippen LogP contribution is -2.38. The van der Waals surface area contributed by atoms with E-state index in [2.05, 4.69) is 4.99 Å². The Balaban J connectivity index is 1.74. The molecule has 1 fully saturated rings. The van der Waals surface area contributed by atoms with Gasteiger partial charge >= 0.3 is 5.91 Å². The molecule has 0 bridgehead atoms. The molecule has 0 spiro atoms. The molecule has 6 nitrogen and oxygen atoms in total. The summed E-state index contributed by atoms with van der Waals surface area (Å²) in [7, 11) is 1.81. The molecule has 29 heavy (non-hydrogen) atoms. The van der Waals surface area contributed by atoms with Gasteiger partial charge < -0.3 is 4.42 Å². The van der Waals surface area contributed by atoms with E-state index in [-0.39, 0.29) is 23.4 Å². The molecule has 1 aliphatic heterocycles. The van der Waals surface area contributed by atoms with Crippen molar-refractivity contribution in [2.45, 2.75) is 33.7 Å². The van der Waals surface area contributed by atoms with Crippen LogP contribution < -0.4 is 5.01 Å². The Morgan fingerprint density at radius 3 is 2.41 bits per heavy atom. The van der Waals surface area contributed by atoms with E-state index < -0.39 is 5.91 Å². The van der Waals surface area contributed by atoms with Gasteiger partial charge in [0.25, 0.3) is 5.91 Å². The van der Waals surface area contributed by atoms with E-state index in [1.165, 1.54) is 5.01 Å². The monoisotopic (exact) mass is 389 g/mol. The van der Waals surface area contributed by atoms with Crippen LogP contribution in [0.25, 0.3) is 11.0 Å². The largest absolute Gasteiger partial charge is 0.450 e. The van der Waals surface area contributed by atoms with E-state index in [4.69, 9.17) is 4.42 Å². The highest BCUT2D eigenvalue weighted by Gasteiger charge is 2.40. The van der Waals surface area contributed by atoms with Gasteiger partial charge in [0, 0.05) is 18.0 Å². The summed E-state index contributed by atoms with van der Waals surface area (Å²) in [6.07, 6.45) is 0. The number of hydrogen-bond acceptors (Lipinski definition) is 4. The van der Waals surface area contributed by atoms with E-state index in [1.807, 2.05) is 70.2 Å². The van der Waals surface area contributed by atoms with Crippen molar-refractivity contribution in [1.29, 1.82) is 0 Å². The molecule has 4 rings (SSSR count). The summed E-state index contributed by atoms with van der Waals surface area (Å²) in [4.78, 5) is 30.2. The average Bonchev–Trinajstić information content (AvgIpc) is 3.15. The number of aliphatic imine (C=N–C) groups is 1. The average molecular weight is 389 g/mol. The van der Waals surface area contributed by atoms with Gasteiger partial charge in [-0.15, -0.1) is 0 Å². The van der Waals surface area contributed by atoms with Crippen molar-refractivity contribution in [1.82, 2.24) is 5.01 Å². The normalized spacial score (nSPS) is 18.9. The summed E-state index contributed by atoms with van der Waals surface area (Å²) >= 11 is 0. The second-order valence-corrected chi connectivity index (χ2v) is 7.44. The number of nitrogens with zero attached hydrogens (tertiary/aromatic N) is 3. The van der Waals surface area contributed by atoms with E-state index in [0.29, 0.717) is 5.58 Å². The molecule has 0 N–H and O–H groups in total. The minimum absolute atomic E-state index is 0.182. The third kappa shape index (κ3) is 2.96. The minimum Gasteiger partial charge on any atom is -0.450 e. The third-order valence-electron chi connectivity index (χ3n) is 5.73. The summed E-state index contributed by atoms with van der Waals surface area (Å²) in [5, 5.41) is 4.21. The summed E-state index contributed by atoms with van der Waals surface area (Å²) in [5.41, 5.74) is 4.46. The van der Waals surface area contributed by atoms with Crippen LogP contribution in [-0.2, 0) is 4.79 Å². The third-order valence-corrected chi connectivity index (χ3v) is 5.73. The van der Waals surface area contributed by atoms with Crippen LogP contribution in [0.3, 0.4) is 0 Å². The van der Waals surface area contributed by atoms with Crippen LogP contribution in [0.15, 0.2) is 51.9 Å². The van der Waals surface area contributed by atoms with Crippen LogP contribution in [0.1, 0.15) is 34.2 Å². The first-order valence-electron chi connectivity index (χ1n) is 9.55. The number of amides is 2. The number of aryl methyl sites for hydroxylation is 3. The highest BCUT2D eigenvalue weighted by molar-refractivity contribution is 6.48. The Labute approximate surface area is 169 Å². The molecule has 6 heteroatoms. The number of hydrogen-bond donors (Lipinski definition) is 0. The van der Waals surface area contributed by atoms with Crippen LogP contribution >= 0.6 is 0 Å². The van der Waals surface area contributed by atoms with Crippen molar-refractivity contribution >= 4 is 34.2 Å². The first-order valence-corrected chi connectivity index (χ1v) is 9.55. The highest BCUT2D eigenvalue weighted by atomic mass is 16.3. The maximum atomic E-state index is 13.0. The second kappa shape index (κ2) is 6.97. The molecule has 2 aromatic carbocycles. The highest BCUT2D eigenvalue weighted by Crippen LogP contribution is 2.30.